The fraction of sp³-hybridized carbons (Fsp3) is 0.100. The Morgan fingerprint density at radius 2 is 1.96 bits per heavy atom. The lowest BCUT2D eigenvalue weighted by molar-refractivity contribution is 0.112. The zero-order valence-corrected chi connectivity index (χ0v) is 15.1. The molecule has 0 aliphatic rings. The highest BCUT2D eigenvalue weighted by Crippen LogP contribution is 2.24. The largest absolute Gasteiger partial charge is 0.392 e. The molecule has 8 heteroatoms. The minimum atomic E-state index is -0.0248. The molecule has 0 spiro atoms. The number of aldehydes is 1. The average Bonchev–Trinajstić information content (AvgIpc) is 2.75. The topological polar surface area (TPSA) is 103 Å². The SMILES string of the molecule is C=CCNN(c1ccccn1)c1nc(Nc2ccc(CO)cc2)ncc1C=O. The second-order valence-corrected chi connectivity index (χ2v) is 5.74. The summed E-state index contributed by atoms with van der Waals surface area (Å²) < 4.78 is 0. The van der Waals surface area contributed by atoms with Gasteiger partial charge in [-0.15, -0.1) is 6.58 Å². The van der Waals surface area contributed by atoms with E-state index >= 15 is 0 Å². The van der Waals surface area contributed by atoms with Crippen molar-refractivity contribution >= 4 is 29.6 Å². The molecule has 0 aliphatic heterocycles. The molecule has 2 aromatic heterocycles. The number of carbonyl (C=O) groups excluding carboxylic acids is 1. The van der Waals surface area contributed by atoms with E-state index in [0.29, 0.717) is 36.0 Å². The molecule has 142 valence electrons. The van der Waals surface area contributed by atoms with E-state index in [1.807, 2.05) is 18.2 Å². The van der Waals surface area contributed by atoms with E-state index in [-0.39, 0.29) is 6.61 Å². The summed E-state index contributed by atoms with van der Waals surface area (Å²) in [4.78, 5) is 24.6. The highest BCUT2D eigenvalue weighted by atomic mass is 16.3. The van der Waals surface area contributed by atoms with Crippen LogP contribution in [0.1, 0.15) is 15.9 Å². The lowest BCUT2D eigenvalue weighted by Crippen LogP contribution is -2.36. The Balaban J connectivity index is 1.95. The Labute approximate surface area is 162 Å². The van der Waals surface area contributed by atoms with Gasteiger partial charge < -0.3 is 10.4 Å². The fourth-order valence-corrected chi connectivity index (χ4v) is 2.43. The zero-order valence-electron chi connectivity index (χ0n) is 15.1. The van der Waals surface area contributed by atoms with Gasteiger partial charge in [0.25, 0.3) is 0 Å². The number of rotatable bonds is 9. The molecule has 0 atom stereocenters. The second kappa shape index (κ2) is 9.36. The highest BCUT2D eigenvalue weighted by Gasteiger charge is 2.17. The van der Waals surface area contributed by atoms with Crippen molar-refractivity contribution in [3.05, 3.63) is 78.6 Å². The maximum absolute atomic E-state index is 11.6. The molecule has 0 unspecified atom stereocenters. The van der Waals surface area contributed by atoms with Crippen LogP contribution in [0.2, 0.25) is 0 Å². The summed E-state index contributed by atoms with van der Waals surface area (Å²) in [7, 11) is 0. The first-order valence-corrected chi connectivity index (χ1v) is 8.59. The fourth-order valence-electron chi connectivity index (χ4n) is 2.43. The number of aliphatic hydroxyl groups is 1. The third-order valence-corrected chi connectivity index (χ3v) is 3.80. The average molecular weight is 376 g/mol. The van der Waals surface area contributed by atoms with Gasteiger partial charge in [0.15, 0.2) is 12.1 Å². The van der Waals surface area contributed by atoms with Gasteiger partial charge in [0, 0.05) is 24.6 Å². The standard InChI is InChI=1S/C20H20N6O2/c1-2-10-23-26(18-5-3-4-11-21-18)19-16(14-28)12-22-20(25-19)24-17-8-6-15(13-27)7-9-17/h2-9,11-12,14,23,27H,1,10,13H2,(H,22,24,25). The maximum atomic E-state index is 11.6. The van der Waals surface area contributed by atoms with Crippen LogP contribution in [-0.4, -0.2) is 32.9 Å². The van der Waals surface area contributed by atoms with Crippen LogP contribution in [0.3, 0.4) is 0 Å². The Kier molecular flexibility index (Phi) is 6.40. The molecule has 0 aliphatic carbocycles. The van der Waals surface area contributed by atoms with Crippen LogP contribution in [-0.2, 0) is 6.61 Å². The molecule has 8 nitrogen and oxygen atoms in total. The van der Waals surface area contributed by atoms with E-state index in [1.165, 1.54) is 6.20 Å². The molecule has 0 bridgehead atoms. The van der Waals surface area contributed by atoms with Crippen molar-refractivity contribution < 1.29 is 9.90 Å². The van der Waals surface area contributed by atoms with Crippen LogP contribution in [0.4, 0.5) is 23.3 Å². The van der Waals surface area contributed by atoms with E-state index in [1.54, 1.807) is 41.5 Å². The first kappa shape index (κ1) is 19.2. The number of aromatic nitrogens is 3. The van der Waals surface area contributed by atoms with Crippen LogP contribution >= 0.6 is 0 Å². The maximum Gasteiger partial charge on any atom is 0.229 e. The van der Waals surface area contributed by atoms with Crippen LogP contribution < -0.4 is 15.8 Å². The molecule has 28 heavy (non-hydrogen) atoms. The molecule has 3 N–H and O–H groups in total. The molecule has 0 radical (unpaired) electrons. The Morgan fingerprint density at radius 1 is 1.14 bits per heavy atom. The van der Waals surface area contributed by atoms with Crippen molar-refractivity contribution in [2.75, 3.05) is 16.9 Å². The van der Waals surface area contributed by atoms with Crippen molar-refractivity contribution in [1.82, 2.24) is 20.4 Å². The van der Waals surface area contributed by atoms with Gasteiger partial charge in [-0.2, -0.15) is 4.98 Å². The lowest BCUT2D eigenvalue weighted by Gasteiger charge is -2.24. The van der Waals surface area contributed by atoms with E-state index in [9.17, 15) is 4.79 Å². The molecule has 0 saturated carbocycles. The number of pyridine rings is 1. The minimum absolute atomic E-state index is 0.0248. The molecular weight excluding hydrogens is 356 g/mol. The third-order valence-electron chi connectivity index (χ3n) is 3.80. The van der Waals surface area contributed by atoms with Crippen molar-refractivity contribution in [3.8, 4) is 0 Å². The smallest absolute Gasteiger partial charge is 0.229 e. The first-order valence-electron chi connectivity index (χ1n) is 8.59. The number of nitrogens with one attached hydrogen (secondary N) is 2. The summed E-state index contributed by atoms with van der Waals surface area (Å²) in [6, 6.07) is 12.7. The molecule has 2 heterocycles. The van der Waals surface area contributed by atoms with Gasteiger partial charge in [0.2, 0.25) is 5.95 Å². The van der Waals surface area contributed by atoms with E-state index in [4.69, 9.17) is 5.11 Å². The van der Waals surface area contributed by atoms with Crippen LogP contribution in [0.5, 0.6) is 0 Å². The molecular formula is C20H20N6O2. The summed E-state index contributed by atoms with van der Waals surface area (Å²) >= 11 is 0. The summed E-state index contributed by atoms with van der Waals surface area (Å²) in [6.07, 6.45) is 5.49. The predicted octanol–water partition coefficient (Wildman–Crippen LogP) is 2.75. The number of carbonyl (C=O) groups is 1. The number of nitrogens with zero attached hydrogens (tertiary/aromatic N) is 4. The van der Waals surface area contributed by atoms with Gasteiger partial charge in [-0.25, -0.2) is 20.4 Å². The van der Waals surface area contributed by atoms with Gasteiger partial charge in [-0.05, 0) is 29.8 Å². The monoisotopic (exact) mass is 376 g/mol. The number of hydrogen-bond acceptors (Lipinski definition) is 8. The van der Waals surface area contributed by atoms with Crippen molar-refractivity contribution in [3.63, 3.8) is 0 Å². The summed E-state index contributed by atoms with van der Waals surface area (Å²) in [5, 5.41) is 13.9. The van der Waals surface area contributed by atoms with E-state index in [2.05, 4.69) is 32.3 Å². The number of aliphatic hydroxyl groups excluding tert-OH is 1. The quantitative estimate of drug-likeness (QED) is 0.298. The van der Waals surface area contributed by atoms with Crippen molar-refractivity contribution in [1.29, 1.82) is 0 Å². The molecule has 3 aromatic rings. The van der Waals surface area contributed by atoms with Crippen molar-refractivity contribution in [2.45, 2.75) is 6.61 Å². The third kappa shape index (κ3) is 4.56. The Bertz CT molecular complexity index is 931. The number of benzene rings is 1. The van der Waals surface area contributed by atoms with Crippen LogP contribution in [0.15, 0.2) is 67.5 Å². The highest BCUT2D eigenvalue weighted by molar-refractivity contribution is 5.84. The van der Waals surface area contributed by atoms with E-state index in [0.717, 1.165) is 11.3 Å². The van der Waals surface area contributed by atoms with Gasteiger partial charge in [-0.3, -0.25) is 4.79 Å². The van der Waals surface area contributed by atoms with Gasteiger partial charge in [0.1, 0.15) is 5.82 Å². The summed E-state index contributed by atoms with van der Waals surface area (Å²) in [5.74, 6) is 1.25. The molecule has 0 fully saturated rings. The number of hydrogen-bond donors (Lipinski definition) is 3. The summed E-state index contributed by atoms with van der Waals surface area (Å²) in [5.41, 5.74) is 5.00. The molecule has 0 saturated heterocycles. The van der Waals surface area contributed by atoms with Crippen LogP contribution in [0.25, 0.3) is 0 Å². The summed E-state index contributed by atoms with van der Waals surface area (Å²) in [6.45, 7) is 4.13. The predicted molar refractivity (Wildman–Crippen MR) is 108 cm³/mol. The van der Waals surface area contributed by atoms with Crippen LogP contribution in [0, 0.1) is 0 Å². The molecule has 3 rings (SSSR count). The van der Waals surface area contributed by atoms with Gasteiger partial charge in [-0.1, -0.05) is 24.3 Å². The minimum Gasteiger partial charge on any atom is -0.392 e. The Morgan fingerprint density at radius 3 is 2.61 bits per heavy atom. The van der Waals surface area contributed by atoms with E-state index < -0.39 is 0 Å². The lowest BCUT2D eigenvalue weighted by atomic mass is 10.2. The second-order valence-electron chi connectivity index (χ2n) is 5.74. The zero-order chi connectivity index (χ0) is 19.8. The molecule has 1 aromatic carbocycles. The normalized spacial score (nSPS) is 10.3. The number of hydrazine groups is 1. The Hall–Kier alpha value is -3.62. The van der Waals surface area contributed by atoms with Gasteiger partial charge in [0.05, 0.1) is 12.2 Å². The van der Waals surface area contributed by atoms with Gasteiger partial charge >= 0.3 is 0 Å². The van der Waals surface area contributed by atoms with Crippen molar-refractivity contribution in [2.24, 2.45) is 0 Å². The number of anilines is 4. The molecule has 0 amide bonds. The first-order chi connectivity index (χ1) is 13.7.